The van der Waals surface area contributed by atoms with Gasteiger partial charge >= 0.3 is 11.9 Å². The van der Waals surface area contributed by atoms with Gasteiger partial charge in [-0.3, -0.25) is 9.59 Å². The number of carbonyl (C=O) groups is 2. The predicted molar refractivity (Wildman–Crippen MR) is 182 cm³/mol. The van der Waals surface area contributed by atoms with E-state index in [4.69, 9.17) is 28.4 Å². The van der Waals surface area contributed by atoms with Gasteiger partial charge in [-0.1, -0.05) is 68.3 Å². The van der Waals surface area contributed by atoms with E-state index in [1.807, 2.05) is 104 Å². The molecule has 4 aromatic carbocycles. The lowest BCUT2D eigenvalue weighted by Crippen LogP contribution is -2.29. The van der Waals surface area contributed by atoms with E-state index < -0.39 is 17.9 Å². The van der Waals surface area contributed by atoms with Gasteiger partial charge in [0.1, 0.15) is 23.0 Å². The highest BCUT2D eigenvalue weighted by Gasteiger charge is 2.29. The quantitative estimate of drug-likeness (QED) is 0.0576. The molecule has 0 aliphatic rings. The number of methoxy groups -OCH3 is 2. The predicted octanol–water partition coefficient (Wildman–Crippen LogP) is 8.17. The fourth-order valence-corrected chi connectivity index (χ4v) is 4.84. The van der Waals surface area contributed by atoms with Gasteiger partial charge in [0.05, 0.1) is 40.6 Å². The summed E-state index contributed by atoms with van der Waals surface area (Å²) in [5, 5.41) is 0. The van der Waals surface area contributed by atoms with E-state index in [9.17, 15) is 9.59 Å². The van der Waals surface area contributed by atoms with Crippen LogP contribution in [-0.4, -0.2) is 52.6 Å². The monoisotopic (exact) mass is 640 g/mol. The Bertz CT molecular complexity index is 1380. The molecule has 8 heteroatoms. The van der Waals surface area contributed by atoms with Crippen molar-refractivity contribution in [1.29, 1.82) is 0 Å². The molecule has 0 unspecified atom stereocenters. The molecule has 248 valence electrons. The summed E-state index contributed by atoms with van der Waals surface area (Å²) in [5.41, 5.74) is 4.31. The van der Waals surface area contributed by atoms with Crippen LogP contribution >= 0.6 is 0 Å². The van der Waals surface area contributed by atoms with Crippen LogP contribution in [0.2, 0.25) is 0 Å². The molecule has 0 amide bonds. The molecule has 0 saturated carbocycles. The molecular formula is C39H44O8. The van der Waals surface area contributed by atoms with Gasteiger partial charge in [0, 0.05) is 12.8 Å². The first kappa shape index (κ1) is 34.9. The summed E-state index contributed by atoms with van der Waals surface area (Å²) in [5.74, 6) is 1.04. The highest BCUT2D eigenvalue weighted by Crippen LogP contribution is 2.26. The Morgan fingerprint density at radius 1 is 0.489 bits per heavy atom. The maximum Gasteiger partial charge on any atom is 0.320 e. The van der Waals surface area contributed by atoms with Crippen molar-refractivity contribution in [1.82, 2.24) is 0 Å². The Hall–Kier alpha value is -4.98. The van der Waals surface area contributed by atoms with Crippen molar-refractivity contribution in [3.05, 3.63) is 97.1 Å². The topological polar surface area (TPSA) is 89.5 Å². The molecule has 0 saturated heterocycles. The second-order valence-corrected chi connectivity index (χ2v) is 10.9. The summed E-state index contributed by atoms with van der Waals surface area (Å²) in [6.45, 7) is 3.08. The van der Waals surface area contributed by atoms with Crippen LogP contribution in [0.15, 0.2) is 97.1 Å². The Labute approximate surface area is 277 Å². The maximum atomic E-state index is 12.8. The van der Waals surface area contributed by atoms with Crippen LogP contribution in [0.5, 0.6) is 23.0 Å². The Morgan fingerprint density at radius 2 is 0.830 bits per heavy atom. The van der Waals surface area contributed by atoms with E-state index in [2.05, 4.69) is 0 Å². The number of rotatable bonds is 19. The Balaban J connectivity index is 1.12. The summed E-state index contributed by atoms with van der Waals surface area (Å²) in [6, 6.07) is 31.3. The van der Waals surface area contributed by atoms with E-state index in [-0.39, 0.29) is 13.2 Å². The Kier molecular flexibility index (Phi) is 14.0. The van der Waals surface area contributed by atoms with E-state index >= 15 is 0 Å². The van der Waals surface area contributed by atoms with Crippen molar-refractivity contribution >= 4 is 11.9 Å². The number of benzene rings is 4. The van der Waals surface area contributed by atoms with E-state index in [1.54, 1.807) is 14.2 Å². The molecule has 0 aliphatic carbocycles. The third kappa shape index (κ3) is 11.1. The van der Waals surface area contributed by atoms with Crippen LogP contribution < -0.4 is 18.9 Å². The van der Waals surface area contributed by atoms with Gasteiger partial charge in [-0.2, -0.15) is 0 Å². The first-order valence-electron chi connectivity index (χ1n) is 16.1. The molecular weight excluding hydrogens is 596 g/mol. The van der Waals surface area contributed by atoms with Crippen LogP contribution in [0.25, 0.3) is 22.3 Å². The second-order valence-electron chi connectivity index (χ2n) is 10.9. The lowest BCUT2D eigenvalue weighted by molar-refractivity contribution is -0.162. The van der Waals surface area contributed by atoms with Gasteiger partial charge in [-0.25, -0.2) is 0 Å². The van der Waals surface area contributed by atoms with Crippen molar-refractivity contribution in [3.63, 3.8) is 0 Å². The summed E-state index contributed by atoms with van der Waals surface area (Å²) in [6.07, 6.45) is 2.97. The van der Waals surface area contributed by atoms with Gasteiger partial charge in [0.25, 0.3) is 0 Å². The highest BCUT2D eigenvalue weighted by atomic mass is 16.6. The van der Waals surface area contributed by atoms with Crippen LogP contribution in [0.3, 0.4) is 0 Å². The molecule has 0 aliphatic heterocycles. The molecule has 4 aromatic rings. The van der Waals surface area contributed by atoms with Crippen molar-refractivity contribution in [2.75, 3.05) is 40.6 Å². The molecule has 4 rings (SSSR count). The molecule has 0 spiro atoms. The summed E-state index contributed by atoms with van der Waals surface area (Å²) < 4.78 is 32.9. The molecule has 47 heavy (non-hydrogen) atoms. The minimum absolute atomic E-state index is 0.157. The smallest absolute Gasteiger partial charge is 0.320 e. The van der Waals surface area contributed by atoms with Crippen LogP contribution in [-0.2, 0) is 19.1 Å². The highest BCUT2D eigenvalue weighted by molar-refractivity contribution is 5.94. The van der Waals surface area contributed by atoms with Gasteiger partial charge < -0.3 is 28.4 Å². The number of ether oxygens (including phenoxy) is 6. The third-order valence-corrected chi connectivity index (χ3v) is 7.57. The lowest BCUT2D eigenvalue weighted by atomic mass is 10.0. The zero-order valence-electron chi connectivity index (χ0n) is 27.4. The first-order valence-corrected chi connectivity index (χ1v) is 16.1. The number of hydrogen-bond acceptors (Lipinski definition) is 8. The molecule has 0 bridgehead atoms. The fourth-order valence-electron chi connectivity index (χ4n) is 4.84. The SMILES string of the molecule is CCCCC(C(=O)OCCCOc1ccc(-c2ccc(OC)cc2)cc1)C(=O)OCCCOc1ccc(-c2ccc(OC)cc2)cc1. The van der Waals surface area contributed by atoms with Crippen LogP contribution in [0, 0.1) is 5.92 Å². The molecule has 0 radical (unpaired) electrons. The first-order chi connectivity index (χ1) is 23.0. The second kappa shape index (κ2) is 18.9. The van der Waals surface area contributed by atoms with Crippen molar-refractivity contribution in [2.45, 2.75) is 39.0 Å². The van der Waals surface area contributed by atoms with Crippen molar-refractivity contribution < 1.29 is 38.0 Å². The summed E-state index contributed by atoms with van der Waals surface area (Å²) in [7, 11) is 3.29. The normalized spacial score (nSPS) is 10.7. The molecule has 0 atom stereocenters. The standard InChI is InChI=1S/C39H44O8/c1-4-5-8-37(38(40)46-27-6-25-44-35-21-13-31(14-22-35)29-9-17-33(42-2)18-10-29)39(41)47-28-7-26-45-36-23-15-32(16-24-36)30-11-19-34(43-3)20-12-30/h9-24,37H,4-8,25-28H2,1-3H3. The maximum absolute atomic E-state index is 12.8. The zero-order valence-corrected chi connectivity index (χ0v) is 27.4. The average Bonchev–Trinajstić information content (AvgIpc) is 3.12. The van der Waals surface area contributed by atoms with Gasteiger partial charge in [-0.05, 0) is 77.2 Å². The summed E-state index contributed by atoms with van der Waals surface area (Å²) >= 11 is 0. The zero-order chi connectivity index (χ0) is 33.3. The van der Waals surface area contributed by atoms with Crippen molar-refractivity contribution in [3.8, 4) is 45.3 Å². The molecule has 8 nitrogen and oxygen atoms in total. The van der Waals surface area contributed by atoms with Gasteiger partial charge in [0.2, 0.25) is 0 Å². The Morgan fingerprint density at radius 3 is 1.15 bits per heavy atom. The summed E-state index contributed by atoms with van der Waals surface area (Å²) in [4.78, 5) is 25.5. The van der Waals surface area contributed by atoms with Crippen LogP contribution in [0.4, 0.5) is 0 Å². The number of unbranched alkanes of at least 4 members (excludes halogenated alkanes) is 1. The van der Waals surface area contributed by atoms with Crippen LogP contribution in [0.1, 0.15) is 39.0 Å². The number of carbonyl (C=O) groups excluding carboxylic acids is 2. The minimum Gasteiger partial charge on any atom is -0.497 e. The van der Waals surface area contributed by atoms with E-state index in [0.717, 1.165) is 58.1 Å². The number of esters is 2. The van der Waals surface area contributed by atoms with E-state index in [1.165, 1.54) is 0 Å². The third-order valence-electron chi connectivity index (χ3n) is 7.57. The molecule has 0 fully saturated rings. The van der Waals surface area contributed by atoms with Crippen molar-refractivity contribution in [2.24, 2.45) is 5.92 Å². The van der Waals surface area contributed by atoms with Gasteiger partial charge in [0.15, 0.2) is 5.92 Å². The lowest BCUT2D eigenvalue weighted by Gasteiger charge is -2.15. The fraction of sp³-hybridized carbons (Fsp3) is 0.333. The molecule has 0 aromatic heterocycles. The minimum atomic E-state index is -0.937. The largest absolute Gasteiger partial charge is 0.497 e. The average molecular weight is 641 g/mol. The molecule has 0 N–H and O–H groups in total. The van der Waals surface area contributed by atoms with E-state index in [0.29, 0.717) is 32.5 Å². The molecule has 0 heterocycles. The van der Waals surface area contributed by atoms with Gasteiger partial charge in [-0.15, -0.1) is 0 Å². The number of hydrogen-bond donors (Lipinski definition) is 0.